The lowest BCUT2D eigenvalue weighted by molar-refractivity contribution is -0.147. The first-order chi connectivity index (χ1) is 8.96. The van der Waals surface area contributed by atoms with E-state index < -0.39 is 5.41 Å². The molecule has 0 saturated carbocycles. The fourth-order valence-corrected chi connectivity index (χ4v) is 2.27. The molecule has 1 atom stereocenters. The Kier molecular flexibility index (Phi) is 5.55. The van der Waals surface area contributed by atoms with Gasteiger partial charge in [-0.1, -0.05) is 43.7 Å². The van der Waals surface area contributed by atoms with E-state index in [0.717, 1.165) is 18.4 Å². The van der Waals surface area contributed by atoms with Crippen LogP contribution in [0.3, 0.4) is 0 Å². The monoisotopic (exact) mass is 263 g/mol. The van der Waals surface area contributed by atoms with Crippen molar-refractivity contribution in [2.75, 3.05) is 13.7 Å². The van der Waals surface area contributed by atoms with Crippen molar-refractivity contribution in [1.29, 1.82) is 0 Å². The molecule has 0 aliphatic carbocycles. The first-order valence-corrected chi connectivity index (χ1v) is 6.82. The predicted octanol–water partition coefficient (Wildman–Crippen LogP) is 2.80. The van der Waals surface area contributed by atoms with E-state index in [1.54, 1.807) is 0 Å². The van der Waals surface area contributed by atoms with Crippen LogP contribution in [-0.2, 0) is 14.9 Å². The van der Waals surface area contributed by atoms with E-state index in [1.807, 2.05) is 31.2 Å². The Morgan fingerprint density at radius 3 is 2.32 bits per heavy atom. The van der Waals surface area contributed by atoms with Gasteiger partial charge < -0.3 is 10.5 Å². The number of esters is 1. The smallest absolute Gasteiger partial charge is 0.317 e. The summed E-state index contributed by atoms with van der Waals surface area (Å²) in [5.74, 6) is 0.292. The third-order valence-corrected chi connectivity index (χ3v) is 3.68. The fourth-order valence-electron chi connectivity index (χ4n) is 2.27. The highest BCUT2D eigenvalue weighted by molar-refractivity contribution is 5.83. The Morgan fingerprint density at radius 1 is 1.32 bits per heavy atom. The molecule has 0 fully saturated rings. The van der Waals surface area contributed by atoms with Crippen molar-refractivity contribution < 1.29 is 9.53 Å². The number of hydrogen-bond acceptors (Lipinski definition) is 3. The van der Waals surface area contributed by atoms with Crippen LogP contribution in [0.2, 0.25) is 0 Å². The molecule has 0 aliphatic rings. The Bertz CT molecular complexity index is 411. The number of carbonyl (C=O) groups excluding carboxylic acids is 1. The standard InChI is InChI=1S/C16H25NO2/c1-12(2)9-10-16(11-17,15(18)19-4)14-7-5-13(3)6-8-14/h5-8,12H,9-11,17H2,1-4H3. The molecule has 0 heterocycles. The molecular formula is C16H25NO2. The number of aryl methyl sites for hydroxylation is 1. The van der Waals surface area contributed by atoms with Gasteiger partial charge in [-0.15, -0.1) is 0 Å². The van der Waals surface area contributed by atoms with Gasteiger partial charge in [0.1, 0.15) is 5.41 Å². The molecule has 106 valence electrons. The van der Waals surface area contributed by atoms with Crippen molar-refractivity contribution in [1.82, 2.24) is 0 Å². The van der Waals surface area contributed by atoms with E-state index in [4.69, 9.17) is 10.5 Å². The Morgan fingerprint density at radius 2 is 1.89 bits per heavy atom. The van der Waals surface area contributed by atoms with Crippen LogP contribution in [-0.4, -0.2) is 19.6 Å². The van der Waals surface area contributed by atoms with Gasteiger partial charge in [-0.2, -0.15) is 0 Å². The first kappa shape index (κ1) is 15.7. The van der Waals surface area contributed by atoms with Crippen LogP contribution in [0.4, 0.5) is 0 Å². The van der Waals surface area contributed by atoms with Crippen LogP contribution in [0.1, 0.15) is 37.8 Å². The second-order valence-electron chi connectivity index (χ2n) is 5.58. The van der Waals surface area contributed by atoms with E-state index in [2.05, 4.69) is 13.8 Å². The second-order valence-corrected chi connectivity index (χ2v) is 5.58. The van der Waals surface area contributed by atoms with Gasteiger partial charge in [0.25, 0.3) is 0 Å². The lowest BCUT2D eigenvalue weighted by atomic mass is 9.75. The summed E-state index contributed by atoms with van der Waals surface area (Å²) < 4.78 is 5.00. The summed E-state index contributed by atoms with van der Waals surface area (Å²) in [7, 11) is 1.43. The minimum atomic E-state index is -0.716. The van der Waals surface area contributed by atoms with Gasteiger partial charge in [-0.25, -0.2) is 0 Å². The average Bonchev–Trinajstić information content (AvgIpc) is 2.41. The van der Waals surface area contributed by atoms with E-state index in [9.17, 15) is 4.79 Å². The van der Waals surface area contributed by atoms with Crippen molar-refractivity contribution in [3.63, 3.8) is 0 Å². The average molecular weight is 263 g/mol. The molecule has 1 unspecified atom stereocenters. The van der Waals surface area contributed by atoms with Crippen LogP contribution < -0.4 is 5.73 Å². The predicted molar refractivity (Wildman–Crippen MR) is 78.0 cm³/mol. The SMILES string of the molecule is COC(=O)C(CN)(CCC(C)C)c1ccc(C)cc1. The number of rotatable bonds is 6. The Hall–Kier alpha value is -1.35. The van der Waals surface area contributed by atoms with Gasteiger partial charge in [0, 0.05) is 6.54 Å². The zero-order valence-electron chi connectivity index (χ0n) is 12.4. The molecule has 1 aromatic rings. The fraction of sp³-hybridized carbons (Fsp3) is 0.562. The highest BCUT2D eigenvalue weighted by Crippen LogP contribution is 2.31. The number of benzene rings is 1. The highest BCUT2D eigenvalue weighted by Gasteiger charge is 2.39. The van der Waals surface area contributed by atoms with E-state index in [1.165, 1.54) is 12.7 Å². The van der Waals surface area contributed by atoms with Crippen LogP contribution >= 0.6 is 0 Å². The summed E-state index contributed by atoms with van der Waals surface area (Å²) in [5, 5.41) is 0. The molecule has 2 N–H and O–H groups in total. The van der Waals surface area contributed by atoms with Gasteiger partial charge >= 0.3 is 5.97 Å². The maximum atomic E-state index is 12.3. The van der Waals surface area contributed by atoms with Crippen LogP contribution in [0.25, 0.3) is 0 Å². The molecular weight excluding hydrogens is 238 g/mol. The summed E-state index contributed by atoms with van der Waals surface area (Å²) in [6, 6.07) is 8.00. The number of hydrogen-bond donors (Lipinski definition) is 1. The molecule has 1 rings (SSSR count). The Labute approximate surface area is 116 Å². The quantitative estimate of drug-likeness (QED) is 0.803. The zero-order chi connectivity index (χ0) is 14.5. The van der Waals surface area contributed by atoms with Crippen molar-refractivity contribution in [3.05, 3.63) is 35.4 Å². The van der Waals surface area contributed by atoms with E-state index >= 15 is 0 Å². The summed E-state index contributed by atoms with van der Waals surface area (Å²) in [4.78, 5) is 12.3. The van der Waals surface area contributed by atoms with Crippen LogP contribution in [0.5, 0.6) is 0 Å². The van der Waals surface area contributed by atoms with E-state index in [-0.39, 0.29) is 12.5 Å². The van der Waals surface area contributed by atoms with Crippen molar-refractivity contribution >= 4 is 5.97 Å². The van der Waals surface area contributed by atoms with Crippen molar-refractivity contribution in [3.8, 4) is 0 Å². The molecule has 0 amide bonds. The van der Waals surface area contributed by atoms with Crippen molar-refractivity contribution in [2.24, 2.45) is 11.7 Å². The maximum absolute atomic E-state index is 12.3. The summed E-state index contributed by atoms with van der Waals surface area (Å²) in [5.41, 5.74) is 7.35. The van der Waals surface area contributed by atoms with Crippen LogP contribution in [0, 0.1) is 12.8 Å². The highest BCUT2D eigenvalue weighted by atomic mass is 16.5. The van der Waals surface area contributed by atoms with Gasteiger partial charge in [0.15, 0.2) is 0 Å². The lowest BCUT2D eigenvalue weighted by Gasteiger charge is -2.31. The van der Waals surface area contributed by atoms with Gasteiger partial charge in [-0.05, 0) is 31.2 Å². The number of methoxy groups -OCH3 is 1. The molecule has 0 saturated heterocycles. The molecule has 0 aliphatic heterocycles. The van der Waals surface area contributed by atoms with E-state index in [0.29, 0.717) is 5.92 Å². The third kappa shape index (κ3) is 3.57. The summed E-state index contributed by atoms with van der Waals surface area (Å²) >= 11 is 0. The largest absolute Gasteiger partial charge is 0.468 e. The number of carbonyl (C=O) groups is 1. The first-order valence-electron chi connectivity index (χ1n) is 6.82. The number of ether oxygens (including phenoxy) is 1. The molecule has 3 heteroatoms. The number of nitrogens with two attached hydrogens (primary N) is 1. The molecule has 0 spiro atoms. The summed E-state index contributed by atoms with van der Waals surface area (Å²) in [6.45, 7) is 6.59. The molecule has 19 heavy (non-hydrogen) atoms. The lowest BCUT2D eigenvalue weighted by Crippen LogP contribution is -2.44. The molecule has 3 nitrogen and oxygen atoms in total. The molecule has 0 aromatic heterocycles. The van der Waals surface area contributed by atoms with Gasteiger partial charge in [-0.3, -0.25) is 4.79 Å². The topological polar surface area (TPSA) is 52.3 Å². The van der Waals surface area contributed by atoms with Crippen LogP contribution in [0.15, 0.2) is 24.3 Å². The molecule has 0 radical (unpaired) electrons. The van der Waals surface area contributed by atoms with Crippen molar-refractivity contribution in [2.45, 2.75) is 39.0 Å². The third-order valence-electron chi connectivity index (χ3n) is 3.68. The summed E-state index contributed by atoms with van der Waals surface area (Å²) in [6.07, 6.45) is 1.66. The van der Waals surface area contributed by atoms with Gasteiger partial charge in [0.2, 0.25) is 0 Å². The molecule has 0 bridgehead atoms. The molecule has 1 aromatic carbocycles. The maximum Gasteiger partial charge on any atom is 0.317 e. The normalized spacial score (nSPS) is 14.2. The van der Waals surface area contributed by atoms with Gasteiger partial charge in [0.05, 0.1) is 7.11 Å². The Balaban J connectivity index is 3.15. The minimum absolute atomic E-state index is 0.237. The zero-order valence-corrected chi connectivity index (χ0v) is 12.4. The second kappa shape index (κ2) is 6.71. The minimum Gasteiger partial charge on any atom is -0.468 e.